The van der Waals surface area contributed by atoms with Gasteiger partial charge in [-0.15, -0.1) is 0 Å². The first kappa shape index (κ1) is 16.2. The number of hydrogen-bond donors (Lipinski definition) is 2. The van der Waals surface area contributed by atoms with E-state index < -0.39 is 11.7 Å². The van der Waals surface area contributed by atoms with Gasteiger partial charge in [0.2, 0.25) is 0 Å². The number of rotatable bonds is 4. The van der Waals surface area contributed by atoms with Gasteiger partial charge in [-0.05, 0) is 31.0 Å². The van der Waals surface area contributed by atoms with E-state index in [0.29, 0.717) is 12.0 Å². The quantitative estimate of drug-likeness (QED) is 0.830. The van der Waals surface area contributed by atoms with Crippen LogP contribution in [0.15, 0.2) is 18.2 Å². The minimum atomic E-state index is -0.589. The number of nitrogens with one attached hydrogen (secondary N) is 1. The zero-order valence-electron chi connectivity index (χ0n) is 12.0. The van der Waals surface area contributed by atoms with Crippen LogP contribution in [0.3, 0.4) is 0 Å². The van der Waals surface area contributed by atoms with Gasteiger partial charge in [0.05, 0.1) is 12.2 Å². The molecule has 0 heterocycles. The van der Waals surface area contributed by atoms with Gasteiger partial charge in [0.1, 0.15) is 5.82 Å². The third kappa shape index (κ3) is 4.67. The summed E-state index contributed by atoms with van der Waals surface area (Å²) in [7, 11) is 0. The van der Waals surface area contributed by atoms with Crippen LogP contribution in [-0.4, -0.2) is 23.7 Å². The van der Waals surface area contributed by atoms with Crippen molar-refractivity contribution >= 4 is 5.91 Å². The van der Waals surface area contributed by atoms with Gasteiger partial charge in [-0.3, -0.25) is 4.79 Å². The molecule has 4 heteroatoms. The van der Waals surface area contributed by atoms with E-state index in [2.05, 4.69) is 17.2 Å². The highest BCUT2D eigenvalue weighted by atomic mass is 19.1. The maximum Gasteiger partial charge on any atom is 0.254 e. The zero-order valence-corrected chi connectivity index (χ0v) is 12.0. The molecule has 1 aromatic carbocycles. The first-order chi connectivity index (χ1) is 9.45. The van der Waals surface area contributed by atoms with Crippen LogP contribution in [0, 0.1) is 23.6 Å². The molecule has 0 spiro atoms. The summed E-state index contributed by atoms with van der Waals surface area (Å²) in [4.78, 5) is 11.9. The molecule has 0 saturated carbocycles. The Morgan fingerprint density at radius 3 is 2.65 bits per heavy atom. The van der Waals surface area contributed by atoms with Crippen LogP contribution in [0.4, 0.5) is 4.39 Å². The normalized spacial score (nSPS) is 11.7. The Hall–Kier alpha value is -1.86. The van der Waals surface area contributed by atoms with Gasteiger partial charge >= 0.3 is 0 Å². The number of carbonyl (C=O) groups is 1. The third-order valence-corrected chi connectivity index (χ3v) is 3.04. The predicted molar refractivity (Wildman–Crippen MR) is 76.7 cm³/mol. The van der Waals surface area contributed by atoms with E-state index in [0.717, 1.165) is 0 Å². The summed E-state index contributed by atoms with van der Waals surface area (Å²) in [5, 5.41) is 11.4. The van der Waals surface area contributed by atoms with Crippen LogP contribution in [0.25, 0.3) is 0 Å². The van der Waals surface area contributed by atoms with Crippen molar-refractivity contribution in [2.45, 2.75) is 33.2 Å². The van der Waals surface area contributed by atoms with E-state index in [4.69, 9.17) is 5.11 Å². The Balaban J connectivity index is 2.83. The van der Waals surface area contributed by atoms with Gasteiger partial charge in [0, 0.05) is 18.0 Å². The summed E-state index contributed by atoms with van der Waals surface area (Å²) in [5.74, 6) is 4.71. The van der Waals surface area contributed by atoms with Crippen molar-refractivity contribution in [1.29, 1.82) is 0 Å². The fourth-order valence-corrected chi connectivity index (χ4v) is 1.45. The fourth-order valence-electron chi connectivity index (χ4n) is 1.45. The Kier molecular flexibility index (Phi) is 6.20. The maximum atomic E-state index is 13.9. The smallest absolute Gasteiger partial charge is 0.254 e. The minimum Gasteiger partial charge on any atom is -0.395 e. The molecular weight excluding hydrogens is 257 g/mol. The van der Waals surface area contributed by atoms with Crippen LogP contribution in [0.2, 0.25) is 0 Å². The average molecular weight is 277 g/mol. The number of benzene rings is 1. The minimum absolute atomic E-state index is 0.0187. The molecule has 1 aromatic rings. The second kappa shape index (κ2) is 7.66. The molecule has 0 aliphatic heterocycles. The van der Waals surface area contributed by atoms with Crippen LogP contribution < -0.4 is 5.32 Å². The van der Waals surface area contributed by atoms with Gasteiger partial charge < -0.3 is 10.4 Å². The maximum absolute atomic E-state index is 13.9. The number of halogens is 1. The molecule has 1 atom stereocenters. The van der Waals surface area contributed by atoms with Crippen molar-refractivity contribution in [2.24, 2.45) is 5.92 Å². The van der Waals surface area contributed by atoms with Gasteiger partial charge in [-0.1, -0.05) is 25.7 Å². The SMILES string of the molecule is CC(C)C(C)NC(=O)c1ccc(C#CCCO)cc1F. The van der Waals surface area contributed by atoms with E-state index >= 15 is 0 Å². The molecule has 3 nitrogen and oxygen atoms in total. The van der Waals surface area contributed by atoms with Gasteiger partial charge in [0.25, 0.3) is 5.91 Å². The number of amides is 1. The molecule has 108 valence electrons. The summed E-state index contributed by atoms with van der Waals surface area (Å²) >= 11 is 0. The monoisotopic (exact) mass is 277 g/mol. The molecule has 0 fully saturated rings. The zero-order chi connectivity index (χ0) is 15.1. The second-order valence-electron chi connectivity index (χ2n) is 4.98. The predicted octanol–water partition coefficient (Wildman–Crippen LogP) is 2.33. The van der Waals surface area contributed by atoms with Crippen LogP contribution >= 0.6 is 0 Å². The lowest BCUT2D eigenvalue weighted by molar-refractivity contribution is 0.0926. The Bertz CT molecular complexity index is 529. The van der Waals surface area contributed by atoms with Crippen molar-refractivity contribution in [1.82, 2.24) is 5.32 Å². The largest absolute Gasteiger partial charge is 0.395 e. The molecule has 0 bridgehead atoms. The lowest BCUT2D eigenvalue weighted by Gasteiger charge is -2.17. The molecule has 20 heavy (non-hydrogen) atoms. The van der Waals surface area contributed by atoms with E-state index in [-0.39, 0.29) is 24.1 Å². The first-order valence-electron chi connectivity index (χ1n) is 6.65. The summed E-state index contributed by atoms with van der Waals surface area (Å²) in [6, 6.07) is 4.24. The Morgan fingerprint density at radius 2 is 2.10 bits per heavy atom. The molecule has 0 radical (unpaired) electrons. The Morgan fingerprint density at radius 1 is 1.40 bits per heavy atom. The summed E-state index contributed by atoms with van der Waals surface area (Å²) < 4.78 is 13.9. The summed E-state index contributed by atoms with van der Waals surface area (Å²) in [5.41, 5.74) is 0.509. The summed E-state index contributed by atoms with van der Waals surface area (Å²) in [6.45, 7) is 5.83. The number of aliphatic hydroxyl groups is 1. The molecule has 1 unspecified atom stereocenters. The van der Waals surface area contributed by atoms with E-state index in [1.54, 1.807) is 6.07 Å². The van der Waals surface area contributed by atoms with Crippen LogP contribution in [0.1, 0.15) is 43.1 Å². The first-order valence-corrected chi connectivity index (χ1v) is 6.65. The molecule has 0 saturated heterocycles. The third-order valence-electron chi connectivity index (χ3n) is 3.04. The molecule has 0 aliphatic carbocycles. The second-order valence-corrected chi connectivity index (χ2v) is 4.98. The van der Waals surface area contributed by atoms with Gasteiger partial charge in [-0.2, -0.15) is 0 Å². The van der Waals surface area contributed by atoms with Gasteiger partial charge in [-0.25, -0.2) is 4.39 Å². The molecular formula is C16H20FNO2. The van der Waals surface area contributed by atoms with Crippen molar-refractivity contribution in [2.75, 3.05) is 6.61 Å². The molecule has 0 aromatic heterocycles. The lowest BCUT2D eigenvalue weighted by atomic mass is 10.1. The highest BCUT2D eigenvalue weighted by Crippen LogP contribution is 2.11. The lowest BCUT2D eigenvalue weighted by Crippen LogP contribution is -2.36. The number of carbonyl (C=O) groups excluding carboxylic acids is 1. The number of aliphatic hydroxyl groups excluding tert-OH is 1. The molecule has 1 rings (SSSR count). The van der Waals surface area contributed by atoms with E-state index in [1.165, 1.54) is 12.1 Å². The van der Waals surface area contributed by atoms with Crippen molar-refractivity contribution < 1.29 is 14.3 Å². The van der Waals surface area contributed by atoms with Crippen LogP contribution in [0.5, 0.6) is 0 Å². The summed E-state index contributed by atoms with van der Waals surface area (Å²) in [6.07, 6.45) is 0.343. The highest BCUT2D eigenvalue weighted by Gasteiger charge is 2.15. The van der Waals surface area contributed by atoms with Gasteiger partial charge in [0.15, 0.2) is 0 Å². The Labute approximate surface area is 119 Å². The standard InChI is InChI=1S/C16H20FNO2/c1-11(2)12(3)18-16(20)14-8-7-13(10-15(14)17)6-4-5-9-19/h7-8,10-12,19H,5,9H2,1-3H3,(H,18,20). The molecule has 1 amide bonds. The average Bonchev–Trinajstić information content (AvgIpc) is 2.38. The van der Waals surface area contributed by atoms with Crippen molar-refractivity contribution in [3.8, 4) is 11.8 Å². The fraction of sp³-hybridized carbons (Fsp3) is 0.438. The molecule has 0 aliphatic rings. The molecule has 2 N–H and O–H groups in total. The number of hydrogen-bond acceptors (Lipinski definition) is 2. The van der Waals surface area contributed by atoms with Crippen molar-refractivity contribution in [3.63, 3.8) is 0 Å². The van der Waals surface area contributed by atoms with Crippen molar-refractivity contribution in [3.05, 3.63) is 35.1 Å². The van der Waals surface area contributed by atoms with E-state index in [1.807, 2.05) is 20.8 Å². The van der Waals surface area contributed by atoms with E-state index in [9.17, 15) is 9.18 Å². The highest BCUT2D eigenvalue weighted by molar-refractivity contribution is 5.94. The topological polar surface area (TPSA) is 49.3 Å². The van der Waals surface area contributed by atoms with Crippen LogP contribution in [-0.2, 0) is 0 Å².